The number of aryl methyl sites for hydroxylation is 1. The number of hydrogen-bond donors (Lipinski definition) is 1. The van der Waals surface area contributed by atoms with Crippen LogP contribution >= 0.6 is 0 Å². The quantitative estimate of drug-likeness (QED) is 0.465. The van der Waals surface area contributed by atoms with E-state index in [4.69, 9.17) is 9.47 Å². The Morgan fingerprint density at radius 3 is 2.64 bits per heavy atom. The molecule has 6 nitrogen and oxygen atoms in total. The molecular formula is C19H25NO5. The van der Waals surface area contributed by atoms with Crippen molar-refractivity contribution in [3.63, 3.8) is 0 Å². The van der Waals surface area contributed by atoms with Gasteiger partial charge in [-0.3, -0.25) is 9.59 Å². The summed E-state index contributed by atoms with van der Waals surface area (Å²) < 4.78 is 10.3. The van der Waals surface area contributed by atoms with Gasteiger partial charge in [-0.25, -0.2) is 4.79 Å². The van der Waals surface area contributed by atoms with E-state index in [2.05, 4.69) is 11.1 Å². The number of allylic oxidation sites excluding steroid dienone is 2. The molecule has 6 heteroatoms. The van der Waals surface area contributed by atoms with Gasteiger partial charge in [-0.1, -0.05) is 12.2 Å². The number of carbonyl (C=O) groups is 3. The summed E-state index contributed by atoms with van der Waals surface area (Å²) in [5, 5.41) is 0. The Kier molecular flexibility index (Phi) is 6.17. The van der Waals surface area contributed by atoms with Gasteiger partial charge in [0.1, 0.15) is 0 Å². The first-order chi connectivity index (χ1) is 11.8. The molecule has 1 heterocycles. The van der Waals surface area contributed by atoms with Crippen LogP contribution in [0.25, 0.3) is 0 Å². The molecule has 0 fully saturated rings. The van der Waals surface area contributed by atoms with E-state index in [1.807, 2.05) is 6.08 Å². The second-order valence-corrected chi connectivity index (χ2v) is 6.31. The summed E-state index contributed by atoms with van der Waals surface area (Å²) in [6, 6.07) is 0. The molecule has 0 spiro atoms. The van der Waals surface area contributed by atoms with E-state index in [0.717, 1.165) is 12.8 Å². The fraction of sp³-hybridized carbons (Fsp3) is 0.526. The maximum Gasteiger partial charge on any atom is 0.340 e. The normalized spacial score (nSPS) is 17.4. The fourth-order valence-electron chi connectivity index (χ4n) is 3.09. The zero-order valence-electron chi connectivity index (χ0n) is 15.2. The topological polar surface area (TPSA) is 85.5 Å². The number of ketones is 1. The molecule has 136 valence electrons. The van der Waals surface area contributed by atoms with Gasteiger partial charge in [-0.2, -0.15) is 0 Å². The minimum atomic E-state index is -0.912. The van der Waals surface area contributed by atoms with Crippen LogP contribution < -0.4 is 0 Å². The van der Waals surface area contributed by atoms with E-state index in [1.54, 1.807) is 27.7 Å². The molecule has 0 aromatic carbocycles. The third-order valence-corrected chi connectivity index (χ3v) is 4.38. The molecule has 1 N–H and O–H groups in total. The molecular weight excluding hydrogens is 322 g/mol. The van der Waals surface area contributed by atoms with E-state index in [1.165, 1.54) is 0 Å². The summed E-state index contributed by atoms with van der Waals surface area (Å²) in [6.07, 6.45) is 5.35. The molecule has 1 aromatic rings. The molecule has 0 amide bonds. The van der Waals surface area contributed by atoms with Crippen LogP contribution in [0.4, 0.5) is 0 Å². The summed E-state index contributed by atoms with van der Waals surface area (Å²) in [4.78, 5) is 39.6. The van der Waals surface area contributed by atoms with Crippen molar-refractivity contribution in [2.75, 3.05) is 6.61 Å². The lowest BCUT2D eigenvalue weighted by molar-refractivity contribution is -0.147. The van der Waals surface area contributed by atoms with Gasteiger partial charge >= 0.3 is 11.9 Å². The number of esters is 2. The molecule has 0 saturated heterocycles. The number of aromatic amines is 1. The smallest absolute Gasteiger partial charge is 0.340 e. The van der Waals surface area contributed by atoms with Crippen LogP contribution in [-0.2, 0) is 14.3 Å². The van der Waals surface area contributed by atoms with Crippen molar-refractivity contribution < 1.29 is 23.9 Å². The van der Waals surface area contributed by atoms with Crippen molar-refractivity contribution >= 4 is 17.7 Å². The Bertz CT molecular complexity index is 701. The van der Waals surface area contributed by atoms with Crippen molar-refractivity contribution in [2.45, 2.75) is 53.1 Å². The van der Waals surface area contributed by atoms with Crippen LogP contribution in [0.1, 0.15) is 65.2 Å². The van der Waals surface area contributed by atoms with Gasteiger partial charge in [-0.05, 0) is 52.0 Å². The van der Waals surface area contributed by atoms with E-state index in [9.17, 15) is 14.4 Å². The first-order valence-corrected chi connectivity index (χ1v) is 8.61. The van der Waals surface area contributed by atoms with Crippen LogP contribution in [0.5, 0.6) is 0 Å². The second-order valence-electron chi connectivity index (χ2n) is 6.31. The van der Waals surface area contributed by atoms with Crippen molar-refractivity contribution in [2.24, 2.45) is 5.92 Å². The van der Waals surface area contributed by atoms with Crippen LogP contribution in [0.3, 0.4) is 0 Å². The minimum Gasteiger partial charge on any atom is -0.462 e. The fourth-order valence-corrected chi connectivity index (χ4v) is 3.09. The molecule has 0 unspecified atom stereocenters. The molecule has 0 aliphatic heterocycles. The lowest BCUT2D eigenvalue weighted by atomic mass is 10.0. The number of Topliss-reactive ketones (excluding diaryl/α,β-unsaturated/α-hetero) is 1. The van der Waals surface area contributed by atoms with E-state index >= 15 is 0 Å². The average molecular weight is 347 g/mol. The molecule has 2 atom stereocenters. The van der Waals surface area contributed by atoms with Gasteiger partial charge in [0.05, 0.1) is 24.3 Å². The van der Waals surface area contributed by atoms with Crippen molar-refractivity contribution in [3.8, 4) is 0 Å². The van der Waals surface area contributed by atoms with Crippen LogP contribution in [0, 0.1) is 19.8 Å². The molecule has 1 aliphatic carbocycles. The van der Waals surface area contributed by atoms with Crippen molar-refractivity contribution in [3.05, 3.63) is 34.7 Å². The standard InChI is InChI=1S/C19H25NO5/c1-5-24-19(23)16-11(2)17(20-12(16)3)18(22)13(4)25-15(21)10-14-8-6-7-9-14/h6,8,13-14,20H,5,7,9-10H2,1-4H3/t13-,14-/m1/s1. The highest BCUT2D eigenvalue weighted by molar-refractivity contribution is 6.03. The predicted octanol–water partition coefficient (Wildman–Crippen LogP) is 3.28. The van der Waals surface area contributed by atoms with Crippen molar-refractivity contribution in [1.29, 1.82) is 0 Å². The van der Waals surface area contributed by atoms with Crippen molar-refractivity contribution in [1.82, 2.24) is 4.98 Å². The third-order valence-electron chi connectivity index (χ3n) is 4.38. The van der Waals surface area contributed by atoms with Gasteiger partial charge in [0, 0.05) is 5.69 Å². The number of nitrogens with one attached hydrogen (secondary N) is 1. The molecule has 25 heavy (non-hydrogen) atoms. The summed E-state index contributed by atoms with van der Waals surface area (Å²) in [7, 11) is 0. The third kappa shape index (κ3) is 4.38. The zero-order valence-corrected chi connectivity index (χ0v) is 15.2. The SMILES string of the molecule is CCOC(=O)c1c(C)[nH]c(C(=O)[C@@H](C)OC(=O)C[C@@H]2C=CCC2)c1C. The highest BCUT2D eigenvalue weighted by atomic mass is 16.5. The lowest BCUT2D eigenvalue weighted by Crippen LogP contribution is -2.26. The van der Waals surface area contributed by atoms with E-state index < -0.39 is 12.1 Å². The number of hydrogen-bond acceptors (Lipinski definition) is 5. The molecule has 1 aliphatic rings. The predicted molar refractivity (Wildman–Crippen MR) is 92.6 cm³/mol. The Labute approximate surface area is 147 Å². The lowest BCUT2D eigenvalue weighted by Gasteiger charge is -2.14. The molecule has 0 saturated carbocycles. The maximum atomic E-state index is 12.6. The highest BCUT2D eigenvalue weighted by Gasteiger charge is 2.28. The number of H-pyrrole nitrogens is 1. The van der Waals surface area contributed by atoms with Crippen LogP contribution in [-0.4, -0.2) is 35.4 Å². The highest BCUT2D eigenvalue weighted by Crippen LogP contribution is 2.23. The minimum absolute atomic E-state index is 0.194. The summed E-state index contributed by atoms with van der Waals surface area (Å²) in [6.45, 7) is 6.92. The number of aromatic nitrogens is 1. The Morgan fingerprint density at radius 1 is 1.32 bits per heavy atom. The largest absolute Gasteiger partial charge is 0.462 e. The zero-order chi connectivity index (χ0) is 18.6. The van der Waals surface area contributed by atoms with Gasteiger partial charge in [0.15, 0.2) is 6.10 Å². The Balaban J connectivity index is 2.06. The maximum absolute atomic E-state index is 12.6. The number of ether oxygens (including phenoxy) is 2. The van der Waals surface area contributed by atoms with E-state index in [0.29, 0.717) is 16.8 Å². The molecule has 2 rings (SSSR count). The molecule has 1 aromatic heterocycles. The van der Waals surface area contributed by atoms with Gasteiger partial charge < -0.3 is 14.5 Å². The summed E-state index contributed by atoms with van der Waals surface area (Å²) >= 11 is 0. The molecule has 0 bridgehead atoms. The van der Waals surface area contributed by atoms with Gasteiger partial charge in [0.25, 0.3) is 0 Å². The van der Waals surface area contributed by atoms with Gasteiger partial charge in [0.2, 0.25) is 5.78 Å². The Hall–Kier alpha value is -2.37. The summed E-state index contributed by atoms with van der Waals surface area (Å²) in [5.41, 5.74) is 1.72. The van der Waals surface area contributed by atoms with Gasteiger partial charge in [-0.15, -0.1) is 0 Å². The van der Waals surface area contributed by atoms with E-state index in [-0.39, 0.29) is 36.4 Å². The number of rotatable bonds is 7. The van der Waals surface area contributed by atoms with Crippen LogP contribution in [0.2, 0.25) is 0 Å². The first-order valence-electron chi connectivity index (χ1n) is 8.61. The monoisotopic (exact) mass is 347 g/mol. The Morgan fingerprint density at radius 2 is 2.04 bits per heavy atom. The van der Waals surface area contributed by atoms with Crippen LogP contribution in [0.15, 0.2) is 12.2 Å². The first kappa shape index (κ1) is 19.0. The molecule has 0 radical (unpaired) electrons. The summed E-state index contributed by atoms with van der Waals surface area (Å²) in [5.74, 6) is -1.01. The average Bonchev–Trinajstić information content (AvgIpc) is 3.14. The second kappa shape index (κ2) is 8.14. The number of carbonyl (C=O) groups excluding carboxylic acids is 3.